The number of benzene rings is 1. The van der Waals surface area contributed by atoms with Crippen molar-refractivity contribution in [3.63, 3.8) is 0 Å². The van der Waals surface area contributed by atoms with Gasteiger partial charge >= 0.3 is 0 Å². The largest absolute Gasteiger partial charge is 0.497 e. The Balaban J connectivity index is 2.28. The van der Waals surface area contributed by atoms with Crippen molar-refractivity contribution in [1.82, 2.24) is 5.32 Å². The molecule has 1 aromatic heterocycles. The summed E-state index contributed by atoms with van der Waals surface area (Å²) in [5.74, 6) is 0.622. The molecule has 0 aliphatic carbocycles. The molecule has 5 heteroatoms. The van der Waals surface area contributed by atoms with Gasteiger partial charge in [0.1, 0.15) is 5.75 Å². The molecule has 2 rings (SSSR count). The number of fused-ring (bicyclic) bond motifs is 1. The van der Waals surface area contributed by atoms with E-state index in [1.165, 1.54) is 11.3 Å². The molecule has 0 aliphatic rings. The lowest BCUT2D eigenvalue weighted by Gasteiger charge is -1.98. The molecular formula is C12H13NO3S. The van der Waals surface area contributed by atoms with Gasteiger partial charge in [-0.25, -0.2) is 0 Å². The summed E-state index contributed by atoms with van der Waals surface area (Å²) >= 11 is 1.43. The topological polar surface area (TPSA) is 58.6 Å². The van der Waals surface area contributed by atoms with E-state index < -0.39 is 0 Å². The molecule has 0 saturated carbocycles. The van der Waals surface area contributed by atoms with Gasteiger partial charge in [-0.15, -0.1) is 11.3 Å². The molecule has 4 nitrogen and oxygen atoms in total. The summed E-state index contributed by atoms with van der Waals surface area (Å²) in [4.78, 5) is 12.3. The summed E-state index contributed by atoms with van der Waals surface area (Å²) in [6.07, 6.45) is 0. The van der Waals surface area contributed by atoms with Crippen LogP contribution in [0.5, 0.6) is 5.75 Å². The van der Waals surface area contributed by atoms with Crippen LogP contribution in [0.2, 0.25) is 0 Å². The molecule has 0 bridgehead atoms. The molecule has 0 saturated heterocycles. The third kappa shape index (κ3) is 2.57. The van der Waals surface area contributed by atoms with Crippen LogP contribution in [0, 0.1) is 0 Å². The first-order valence-electron chi connectivity index (χ1n) is 5.21. The average Bonchev–Trinajstić information content (AvgIpc) is 2.78. The Morgan fingerprint density at radius 3 is 3.00 bits per heavy atom. The molecule has 90 valence electrons. The molecule has 1 heterocycles. The van der Waals surface area contributed by atoms with Crippen LogP contribution in [0.25, 0.3) is 10.1 Å². The number of carbonyl (C=O) groups excluding carboxylic acids is 1. The predicted octanol–water partition coefficient (Wildman–Crippen LogP) is 1.63. The van der Waals surface area contributed by atoms with E-state index in [2.05, 4.69) is 5.32 Å². The number of carbonyl (C=O) groups is 1. The molecule has 0 spiro atoms. The summed E-state index contributed by atoms with van der Waals surface area (Å²) in [5, 5.41) is 12.3. The lowest BCUT2D eigenvalue weighted by Crippen LogP contribution is -2.25. The highest BCUT2D eigenvalue weighted by Crippen LogP contribution is 2.28. The number of hydrogen-bond acceptors (Lipinski definition) is 4. The van der Waals surface area contributed by atoms with E-state index in [-0.39, 0.29) is 19.1 Å². The van der Waals surface area contributed by atoms with E-state index in [1.807, 2.05) is 24.3 Å². The molecule has 0 atom stereocenters. The Labute approximate surface area is 103 Å². The molecule has 0 fully saturated rings. The van der Waals surface area contributed by atoms with Crippen molar-refractivity contribution < 1.29 is 14.6 Å². The van der Waals surface area contributed by atoms with Gasteiger partial charge in [0.05, 0.1) is 18.6 Å². The van der Waals surface area contributed by atoms with E-state index in [9.17, 15) is 4.79 Å². The summed E-state index contributed by atoms with van der Waals surface area (Å²) in [7, 11) is 1.61. The Hall–Kier alpha value is -1.59. The molecule has 0 radical (unpaired) electrons. The van der Waals surface area contributed by atoms with Crippen LogP contribution < -0.4 is 10.1 Å². The van der Waals surface area contributed by atoms with Crippen LogP contribution in [-0.2, 0) is 0 Å². The number of rotatable bonds is 4. The van der Waals surface area contributed by atoms with Crippen molar-refractivity contribution in [2.24, 2.45) is 0 Å². The smallest absolute Gasteiger partial charge is 0.261 e. The average molecular weight is 251 g/mol. The second kappa shape index (κ2) is 5.16. The van der Waals surface area contributed by atoms with Crippen molar-refractivity contribution in [3.05, 3.63) is 29.1 Å². The number of aliphatic hydroxyl groups excluding tert-OH is 1. The number of amides is 1. The fourth-order valence-corrected chi connectivity index (χ4v) is 2.48. The Bertz CT molecular complexity index is 536. The van der Waals surface area contributed by atoms with Crippen molar-refractivity contribution in [3.8, 4) is 5.75 Å². The first-order chi connectivity index (χ1) is 8.24. The number of aliphatic hydroxyl groups is 1. The number of hydrogen-bond donors (Lipinski definition) is 2. The zero-order chi connectivity index (χ0) is 12.3. The summed E-state index contributed by atoms with van der Waals surface area (Å²) in [5.41, 5.74) is 0. The van der Waals surface area contributed by atoms with Gasteiger partial charge in [0.15, 0.2) is 0 Å². The minimum atomic E-state index is -0.154. The van der Waals surface area contributed by atoms with Crippen molar-refractivity contribution >= 4 is 27.3 Å². The van der Waals surface area contributed by atoms with Crippen molar-refractivity contribution in [1.29, 1.82) is 0 Å². The third-order valence-corrected chi connectivity index (χ3v) is 3.46. The van der Waals surface area contributed by atoms with Gasteiger partial charge in [-0.1, -0.05) is 0 Å². The van der Waals surface area contributed by atoms with E-state index in [0.29, 0.717) is 4.88 Å². The molecular weight excluding hydrogens is 238 g/mol. The van der Waals surface area contributed by atoms with Crippen LogP contribution in [-0.4, -0.2) is 31.3 Å². The normalized spacial score (nSPS) is 10.5. The van der Waals surface area contributed by atoms with Crippen molar-refractivity contribution in [2.45, 2.75) is 0 Å². The van der Waals surface area contributed by atoms with Gasteiger partial charge in [0, 0.05) is 11.2 Å². The van der Waals surface area contributed by atoms with Crippen LogP contribution in [0.1, 0.15) is 9.67 Å². The van der Waals surface area contributed by atoms with E-state index >= 15 is 0 Å². The standard InChI is InChI=1S/C12H13NO3S/c1-16-9-2-3-10-8(6-9)7-11(17-10)12(15)13-4-5-14/h2-3,6-7,14H,4-5H2,1H3,(H,13,15). The highest BCUT2D eigenvalue weighted by molar-refractivity contribution is 7.20. The van der Waals surface area contributed by atoms with Crippen LogP contribution in [0.3, 0.4) is 0 Å². The Morgan fingerprint density at radius 1 is 1.47 bits per heavy atom. The van der Waals surface area contributed by atoms with Gasteiger partial charge in [-0.2, -0.15) is 0 Å². The van der Waals surface area contributed by atoms with Gasteiger partial charge in [-0.3, -0.25) is 4.79 Å². The second-order valence-corrected chi connectivity index (χ2v) is 4.58. The zero-order valence-corrected chi connectivity index (χ0v) is 10.2. The summed E-state index contributed by atoms with van der Waals surface area (Å²) in [6, 6.07) is 7.53. The van der Waals surface area contributed by atoms with Crippen LogP contribution >= 0.6 is 11.3 Å². The maximum atomic E-state index is 11.7. The lowest BCUT2D eigenvalue weighted by molar-refractivity contribution is 0.0949. The van der Waals surface area contributed by atoms with Gasteiger partial charge in [0.25, 0.3) is 5.91 Å². The summed E-state index contributed by atoms with van der Waals surface area (Å²) < 4.78 is 6.17. The Kier molecular flexibility index (Phi) is 3.61. The van der Waals surface area contributed by atoms with Gasteiger partial charge in [0.2, 0.25) is 0 Å². The predicted molar refractivity (Wildman–Crippen MR) is 67.8 cm³/mol. The fourth-order valence-electron chi connectivity index (χ4n) is 1.52. The van der Waals surface area contributed by atoms with E-state index in [4.69, 9.17) is 9.84 Å². The highest BCUT2D eigenvalue weighted by atomic mass is 32.1. The van der Waals surface area contributed by atoms with E-state index in [1.54, 1.807) is 7.11 Å². The minimum absolute atomic E-state index is 0.0511. The summed E-state index contributed by atoms with van der Waals surface area (Å²) in [6.45, 7) is 0.223. The zero-order valence-electron chi connectivity index (χ0n) is 9.40. The minimum Gasteiger partial charge on any atom is -0.497 e. The number of nitrogens with one attached hydrogen (secondary N) is 1. The lowest BCUT2D eigenvalue weighted by atomic mass is 10.2. The molecule has 0 unspecified atom stereocenters. The van der Waals surface area contributed by atoms with Crippen LogP contribution in [0.15, 0.2) is 24.3 Å². The third-order valence-electron chi connectivity index (χ3n) is 2.34. The van der Waals surface area contributed by atoms with Crippen LogP contribution in [0.4, 0.5) is 0 Å². The van der Waals surface area contributed by atoms with Crippen molar-refractivity contribution in [2.75, 3.05) is 20.3 Å². The molecule has 2 N–H and O–H groups in total. The first-order valence-corrected chi connectivity index (χ1v) is 6.03. The maximum Gasteiger partial charge on any atom is 0.261 e. The molecule has 1 aromatic carbocycles. The number of methoxy groups -OCH3 is 1. The van der Waals surface area contributed by atoms with E-state index in [0.717, 1.165) is 15.8 Å². The monoisotopic (exact) mass is 251 g/mol. The second-order valence-electron chi connectivity index (χ2n) is 3.49. The highest BCUT2D eigenvalue weighted by Gasteiger charge is 2.09. The fraction of sp³-hybridized carbons (Fsp3) is 0.250. The SMILES string of the molecule is COc1ccc2sc(C(=O)NCCO)cc2c1. The first kappa shape index (κ1) is 11.9. The quantitative estimate of drug-likeness (QED) is 0.868. The molecule has 1 amide bonds. The molecule has 0 aliphatic heterocycles. The molecule has 2 aromatic rings. The number of ether oxygens (including phenoxy) is 1. The van der Waals surface area contributed by atoms with Gasteiger partial charge < -0.3 is 15.2 Å². The van der Waals surface area contributed by atoms with Gasteiger partial charge in [-0.05, 0) is 29.7 Å². The molecule has 17 heavy (non-hydrogen) atoms. The number of thiophene rings is 1. The maximum absolute atomic E-state index is 11.7. The Morgan fingerprint density at radius 2 is 2.29 bits per heavy atom.